The summed E-state index contributed by atoms with van der Waals surface area (Å²) in [5.74, 6) is -9.63. The molecule has 1 aliphatic rings. The Bertz CT molecular complexity index is 477. The molecular weight excluding hydrogens is 279 g/mol. The highest BCUT2D eigenvalue weighted by molar-refractivity contribution is 5.47. The van der Waals surface area contributed by atoms with Crippen molar-refractivity contribution in [2.24, 2.45) is 0 Å². The van der Waals surface area contributed by atoms with Crippen LogP contribution in [0.4, 0.5) is 27.6 Å². The van der Waals surface area contributed by atoms with Gasteiger partial charge in [-0.1, -0.05) is 6.42 Å². The summed E-state index contributed by atoms with van der Waals surface area (Å²) in [5, 5.41) is 2.35. The van der Waals surface area contributed by atoms with Crippen molar-refractivity contribution in [3.05, 3.63) is 29.1 Å². The van der Waals surface area contributed by atoms with Gasteiger partial charge in [0.15, 0.2) is 23.3 Å². The van der Waals surface area contributed by atoms with Crippen molar-refractivity contribution in [1.82, 2.24) is 4.90 Å². The van der Waals surface area contributed by atoms with Crippen LogP contribution in [0.2, 0.25) is 0 Å². The average Bonchev–Trinajstić information content (AvgIpc) is 2.45. The monoisotopic (exact) mass is 294 g/mol. The van der Waals surface area contributed by atoms with Crippen molar-refractivity contribution in [2.75, 3.05) is 25.5 Å². The van der Waals surface area contributed by atoms with Gasteiger partial charge in [-0.15, -0.1) is 0 Å². The maximum atomic E-state index is 13.5. The van der Waals surface area contributed by atoms with Crippen LogP contribution < -0.4 is 5.32 Å². The van der Waals surface area contributed by atoms with Crippen LogP contribution in [0.5, 0.6) is 0 Å². The van der Waals surface area contributed by atoms with Crippen LogP contribution >= 0.6 is 0 Å². The predicted octanol–water partition coefficient (Wildman–Crippen LogP) is 3.28. The maximum absolute atomic E-state index is 13.5. The fraction of sp³-hybridized carbons (Fsp3) is 0.538. The second kappa shape index (κ2) is 5.95. The molecule has 0 saturated carbocycles. The number of likely N-dealkylation sites (N-methyl/N-ethyl adjacent to an activating group) is 1. The van der Waals surface area contributed by atoms with Crippen LogP contribution in [0.3, 0.4) is 0 Å². The molecule has 2 nitrogen and oxygen atoms in total. The second-order valence-electron chi connectivity index (χ2n) is 4.96. The lowest BCUT2D eigenvalue weighted by atomic mass is 10.0. The van der Waals surface area contributed by atoms with Gasteiger partial charge in [0.05, 0.1) is 0 Å². The van der Waals surface area contributed by atoms with Crippen molar-refractivity contribution in [2.45, 2.75) is 25.3 Å². The first-order chi connectivity index (χ1) is 9.43. The molecule has 1 saturated heterocycles. The Morgan fingerprint density at radius 2 is 1.50 bits per heavy atom. The molecule has 112 valence electrons. The lowest BCUT2D eigenvalue weighted by molar-refractivity contribution is 0.194. The first-order valence-corrected chi connectivity index (χ1v) is 6.39. The minimum Gasteiger partial charge on any atom is -0.379 e. The number of hydrogen-bond donors (Lipinski definition) is 1. The van der Waals surface area contributed by atoms with E-state index in [2.05, 4.69) is 5.32 Å². The van der Waals surface area contributed by atoms with E-state index in [1.807, 2.05) is 11.9 Å². The predicted molar refractivity (Wildman–Crippen MR) is 65.0 cm³/mol. The summed E-state index contributed by atoms with van der Waals surface area (Å²) in [4.78, 5) is 2.00. The number of likely N-dealkylation sites (tertiary alicyclic amines) is 1. The SMILES string of the molecule is CN1CCCCC1CNc1c(F)c(F)c(F)c(F)c1F. The van der Waals surface area contributed by atoms with Crippen LogP contribution in [-0.4, -0.2) is 31.1 Å². The Kier molecular flexibility index (Phi) is 4.47. The first-order valence-electron chi connectivity index (χ1n) is 6.39. The summed E-state index contributed by atoms with van der Waals surface area (Å²) < 4.78 is 65.9. The van der Waals surface area contributed by atoms with Crippen molar-refractivity contribution >= 4 is 5.69 Å². The summed E-state index contributed by atoms with van der Waals surface area (Å²) in [7, 11) is 1.87. The summed E-state index contributed by atoms with van der Waals surface area (Å²) in [6, 6.07) is 0.0127. The quantitative estimate of drug-likeness (QED) is 0.523. The van der Waals surface area contributed by atoms with E-state index < -0.39 is 34.8 Å². The van der Waals surface area contributed by atoms with Gasteiger partial charge in [-0.2, -0.15) is 0 Å². The van der Waals surface area contributed by atoms with Crippen LogP contribution in [0.15, 0.2) is 0 Å². The van der Waals surface area contributed by atoms with Crippen LogP contribution in [0.1, 0.15) is 19.3 Å². The van der Waals surface area contributed by atoms with E-state index in [-0.39, 0.29) is 12.6 Å². The molecule has 0 aromatic heterocycles. The highest BCUT2D eigenvalue weighted by Crippen LogP contribution is 2.27. The van der Waals surface area contributed by atoms with E-state index in [1.165, 1.54) is 0 Å². The number of benzene rings is 1. The molecule has 0 radical (unpaired) electrons. The van der Waals surface area contributed by atoms with E-state index in [0.717, 1.165) is 25.8 Å². The molecule has 0 bridgehead atoms. The summed E-state index contributed by atoms with van der Waals surface area (Å²) in [6.07, 6.45) is 2.84. The number of piperidine rings is 1. The Balaban J connectivity index is 2.17. The molecule has 1 aromatic carbocycles. The molecule has 0 aliphatic carbocycles. The third-order valence-corrected chi connectivity index (χ3v) is 3.65. The van der Waals surface area contributed by atoms with E-state index in [1.54, 1.807) is 0 Å². The van der Waals surface area contributed by atoms with Gasteiger partial charge in [0.1, 0.15) is 5.69 Å². The molecule has 7 heteroatoms. The standard InChI is InChI=1S/C13H15F5N2/c1-20-5-3-2-4-7(20)6-19-13-11(17)9(15)8(14)10(16)12(13)18/h7,19H,2-6H2,1H3. The number of nitrogens with zero attached hydrogens (tertiary/aromatic N) is 1. The molecule has 2 rings (SSSR count). The van der Waals surface area contributed by atoms with Crippen molar-refractivity contribution < 1.29 is 22.0 Å². The van der Waals surface area contributed by atoms with Gasteiger partial charge < -0.3 is 10.2 Å². The minimum absolute atomic E-state index is 0.0127. The molecule has 0 spiro atoms. The van der Waals surface area contributed by atoms with Crippen molar-refractivity contribution in [1.29, 1.82) is 0 Å². The molecule has 1 aliphatic heterocycles. The Labute approximate surface area is 113 Å². The van der Waals surface area contributed by atoms with Gasteiger partial charge in [0, 0.05) is 12.6 Å². The topological polar surface area (TPSA) is 15.3 Å². The Morgan fingerprint density at radius 1 is 0.950 bits per heavy atom. The number of nitrogens with one attached hydrogen (secondary N) is 1. The summed E-state index contributed by atoms with van der Waals surface area (Å²) >= 11 is 0. The zero-order chi connectivity index (χ0) is 14.9. The van der Waals surface area contributed by atoms with Gasteiger partial charge in [-0.25, -0.2) is 22.0 Å². The zero-order valence-electron chi connectivity index (χ0n) is 10.9. The van der Waals surface area contributed by atoms with E-state index in [0.29, 0.717) is 0 Å². The lowest BCUT2D eigenvalue weighted by Gasteiger charge is -2.32. The third kappa shape index (κ3) is 2.72. The van der Waals surface area contributed by atoms with Crippen LogP contribution in [0.25, 0.3) is 0 Å². The molecule has 1 unspecified atom stereocenters. The highest BCUT2D eigenvalue weighted by atomic mass is 19.2. The van der Waals surface area contributed by atoms with Gasteiger partial charge in [-0.3, -0.25) is 0 Å². The number of rotatable bonds is 3. The average molecular weight is 294 g/mol. The first kappa shape index (κ1) is 15.0. The van der Waals surface area contributed by atoms with Crippen molar-refractivity contribution in [3.63, 3.8) is 0 Å². The number of halogens is 5. The molecule has 20 heavy (non-hydrogen) atoms. The van der Waals surface area contributed by atoms with E-state index >= 15 is 0 Å². The van der Waals surface area contributed by atoms with Gasteiger partial charge in [0.25, 0.3) is 0 Å². The van der Waals surface area contributed by atoms with Crippen LogP contribution in [-0.2, 0) is 0 Å². The molecular formula is C13H15F5N2. The Hall–Kier alpha value is -1.37. The zero-order valence-corrected chi connectivity index (χ0v) is 10.9. The minimum atomic E-state index is -2.14. The number of hydrogen-bond acceptors (Lipinski definition) is 2. The maximum Gasteiger partial charge on any atom is 0.200 e. The highest BCUT2D eigenvalue weighted by Gasteiger charge is 2.27. The summed E-state index contributed by atoms with van der Waals surface area (Å²) in [5.41, 5.74) is -0.958. The fourth-order valence-electron chi connectivity index (χ4n) is 2.38. The van der Waals surface area contributed by atoms with Crippen LogP contribution in [0, 0.1) is 29.1 Å². The molecule has 1 aromatic rings. The van der Waals surface area contributed by atoms with Gasteiger partial charge >= 0.3 is 0 Å². The van der Waals surface area contributed by atoms with E-state index in [4.69, 9.17) is 0 Å². The molecule has 1 N–H and O–H groups in total. The molecule has 0 amide bonds. The smallest absolute Gasteiger partial charge is 0.200 e. The third-order valence-electron chi connectivity index (χ3n) is 3.65. The summed E-state index contributed by atoms with van der Waals surface area (Å²) in [6.45, 7) is 0.984. The van der Waals surface area contributed by atoms with Gasteiger partial charge in [0.2, 0.25) is 5.82 Å². The normalized spacial score (nSPS) is 20.2. The second-order valence-corrected chi connectivity index (χ2v) is 4.96. The molecule has 1 atom stereocenters. The number of anilines is 1. The van der Waals surface area contributed by atoms with Gasteiger partial charge in [-0.05, 0) is 26.4 Å². The molecule has 1 fully saturated rings. The molecule has 1 heterocycles. The lowest BCUT2D eigenvalue weighted by Crippen LogP contribution is -2.41. The Morgan fingerprint density at radius 3 is 2.05 bits per heavy atom. The van der Waals surface area contributed by atoms with Crippen molar-refractivity contribution in [3.8, 4) is 0 Å². The van der Waals surface area contributed by atoms with E-state index in [9.17, 15) is 22.0 Å². The fourth-order valence-corrected chi connectivity index (χ4v) is 2.38. The largest absolute Gasteiger partial charge is 0.379 e.